The van der Waals surface area contributed by atoms with Crippen LogP contribution in [0.25, 0.3) is 0 Å². The van der Waals surface area contributed by atoms with Crippen molar-refractivity contribution in [2.45, 2.75) is 44.9 Å². The molecule has 1 aliphatic rings. The van der Waals surface area contributed by atoms with E-state index in [1.807, 2.05) is 0 Å². The summed E-state index contributed by atoms with van der Waals surface area (Å²) in [6.45, 7) is 4.44. The average molecular weight is 287 g/mol. The molecule has 19 heavy (non-hydrogen) atoms. The molecule has 106 valence electrons. The second-order valence-corrected chi connectivity index (χ2v) is 6.59. The fraction of sp³-hybridized carbons (Fsp3) is 0.625. The van der Waals surface area contributed by atoms with Gasteiger partial charge < -0.3 is 0 Å². The highest BCUT2D eigenvalue weighted by atomic mass is 35.5. The van der Waals surface area contributed by atoms with Crippen molar-refractivity contribution in [1.29, 1.82) is 0 Å². The third-order valence-electron chi connectivity index (χ3n) is 4.36. The predicted molar refractivity (Wildman–Crippen MR) is 75.4 cm³/mol. The largest absolute Gasteiger partial charge is 0.207 e. The molecule has 0 N–H and O–H groups in total. The van der Waals surface area contributed by atoms with Crippen molar-refractivity contribution in [2.24, 2.45) is 17.8 Å². The van der Waals surface area contributed by atoms with E-state index in [9.17, 15) is 8.78 Å². The van der Waals surface area contributed by atoms with Crippen LogP contribution in [0.15, 0.2) is 18.2 Å². The van der Waals surface area contributed by atoms with Gasteiger partial charge in [0.1, 0.15) is 11.6 Å². The highest BCUT2D eigenvalue weighted by Crippen LogP contribution is 2.38. The molecule has 0 spiro atoms. The van der Waals surface area contributed by atoms with Gasteiger partial charge in [0.15, 0.2) is 0 Å². The highest BCUT2D eigenvalue weighted by Gasteiger charge is 2.31. The molecule has 0 saturated heterocycles. The Labute approximate surface area is 119 Å². The van der Waals surface area contributed by atoms with Gasteiger partial charge in [-0.15, -0.1) is 11.6 Å². The van der Waals surface area contributed by atoms with Crippen molar-refractivity contribution in [3.63, 3.8) is 0 Å². The zero-order valence-electron chi connectivity index (χ0n) is 11.5. The van der Waals surface area contributed by atoms with Crippen LogP contribution in [0.4, 0.5) is 8.78 Å². The maximum absolute atomic E-state index is 13.7. The summed E-state index contributed by atoms with van der Waals surface area (Å²) >= 11 is 6.38. The van der Waals surface area contributed by atoms with Crippen molar-refractivity contribution in [3.05, 3.63) is 35.4 Å². The van der Waals surface area contributed by atoms with E-state index in [1.54, 1.807) is 0 Å². The van der Waals surface area contributed by atoms with Gasteiger partial charge in [0.2, 0.25) is 0 Å². The van der Waals surface area contributed by atoms with Gasteiger partial charge in [0.05, 0.1) is 0 Å². The van der Waals surface area contributed by atoms with Crippen LogP contribution in [0.1, 0.15) is 38.7 Å². The summed E-state index contributed by atoms with van der Waals surface area (Å²) in [6.07, 6.45) is 3.68. The first kappa shape index (κ1) is 14.8. The molecule has 0 nitrogen and oxygen atoms in total. The van der Waals surface area contributed by atoms with Gasteiger partial charge in [-0.25, -0.2) is 8.78 Å². The van der Waals surface area contributed by atoms with Crippen molar-refractivity contribution >= 4 is 11.6 Å². The molecular formula is C16H21ClF2. The van der Waals surface area contributed by atoms with Crippen molar-refractivity contribution < 1.29 is 8.78 Å². The maximum atomic E-state index is 13.7. The Morgan fingerprint density at radius 3 is 2.68 bits per heavy atom. The summed E-state index contributed by atoms with van der Waals surface area (Å²) in [6, 6.07) is 3.67. The second-order valence-electron chi connectivity index (χ2n) is 6.03. The number of halogens is 3. The summed E-state index contributed by atoms with van der Waals surface area (Å²) in [4.78, 5) is 0. The lowest BCUT2D eigenvalue weighted by Crippen LogP contribution is -2.29. The van der Waals surface area contributed by atoms with Crippen LogP contribution in [-0.2, 0) is 6.42 Å². The van der Waals surface area contributed by atoms with Gasteiger partial charge in [-0.1, -0.05) is 13.8 Å². The molecule has 3 heteroatoms. The SMILES string of the molecule is CC(C)C1CCC(Cl)C(Cc2cc(F)ccc2F)C1. The molecule has 0 aromatic heterocycles. The van der Waals surface area contributed by atoms with Crippen LogP contribution in [0.5, 0.6) is 0 Å². The van der Waals surface area contributed by atoms with Gasteiger partial charge >= 0.3 is 0 Å². The average Bonchev–Trinajstić information content (AvgIpc) is 2.36. The van der Waals surface area contributed by atoms with Crippen LogP contribution in [0.2, 0.25) is 0 Å². The summed E-state index contributed by atoms with van der Waals surface area (Å²) in [5, 5.41) is 0.0812. The molecule has 1 fully saturated rings. The van der Waals surface area contributed by atoms with E-state index in [0.717, 1.165) is 25.3 Å². The molecule has 0 aliphatic heterocycles. The molecule has 0 amide bonds. The summed E-state index contributed by atoms with van der Waals surface area (Å²) in [5.41, 5.74) is 0.458. The fourth-order valence-corrected chi connectivity index (χ4v) is 3.38. The smallest absolute Gasteiger partial charge is 0.126 e. The minimum absolute atomic E-state index is 0.0812. The molecule has 0 bridgehead atoms. The monoisotopic (exact) mass is 286 g/mol. The fourth-order valence-electron chi connectivity index (χ4n) is 3.06. The van der Waals surface area contributed by atoms with E-state index in [0.29, 0.717) is 23.8 Å². The molecule has 0 radical (unpaired) electrons. The van der Waals surface area contributed by atoms with E-state index in [2.05, 4.69) is 13.8 Å². The Morgan fingerprint density at radius 2 is 2.00 bits per heavy atom. The standard InChI is InChI=1S/C16H21ClF2/c1-10(2)11-3-5-15(17)12(7-11)8-13-9-14(18)4-6-16(13)19/h4,6,9-12,15H,3,5,7-8H2,1-2H3. The van der Waals surface area contributed by atoms with Crippen LogP contribution < -0.4 is 0 Å². The quantitative estimate of drug-likeness (QED) is 0.671. The molecule has 1 aliphatic carbocycles. The third-order valence-corrected chi connectivity index (χ3v) is 4.94. The summed E-state index contributed by atoms with van der Waals surface area (Å²) in [7, 11) is 0. The predicted octanol–water partition coefficient (Wildman–Crippen LogP) is 5.19. The van der Waals surface area contributed by atoms with Gasteiger partial charge in [-0.05, 0) is 67.2 Å². The zero-order valence-corrected chi connectivity index (χ0v) is 12.3. The number of hydrogen-bond donors (Lipinski definition) is 0. The van der Waals surface area contributed by atoms with E-state index in [-0.39, 0.29) is 22.9 Å². The lowest BCUT2D eigenvalue weighted by Gasteiger charge is -2.35. The van der Waals surface area contributed by atoms with Gasteiger partial charge in [-0.3, -0.25) is 0 Å². The Kier molecular flexibility index (Phi) is 4.83. The van der Waals surface area contributed by atoms with Crippen LogP contribution >= 0.6 is 11.6 Å². The first-order valence-electron chi connectivity index (χ1n) is 7.05. The normalized spacial score (nSPS) is 27.8. The first-order chi connectivity index (χ1) is 8.97. The zero-order chi connectivity index (χ0) is 14.0. The molecule has 1 aromatic carbocycles. The number of rotatable bonds is 3. The Balaban J connectivity index is 2.09. The number of benzene rings is 1. The minimum atomic E-state index is -0.376. The molecule has 3 unspecified atom stereocenters. The molecular weight excluding hydrogens is 266 g/mol. The van der Waals surface area contributed by atoms with Crippen LogP contribution in [0.3, 0.4) is 0 Å². The van der Waals surface area contributed by atoms with Crippen molar-refractivity contribution in [3.8, 4) is 0 Å². The maximum Gasteiger partial charge on any atom is 0.126 e. The lowest BCUT2D eigenvalue weighted by atomic mass is 9.74. The van der Waals surface area contributed by atoms with Gasteiger partial charge in [0.25, 0.3) is 0 Å². The topological polar surface area (TPSA) is 0 Å². The Morgan fingerprint density at radius 1 is 1.26 bits per heavy atom. The lowest BCUT2D eigenvalue weighted by molar-refractivity contribution is 0.217. The minimum Gasteiger partial charge on any atom is -0.207 e. The molecule has 1 aromatic rings. The van der Waals surface area contributed by atoms with Crippen molar-refractivity contribution in [1.82, 2.24) is 0 Å². The second kappa shape index (κ2) is 6.21. The van der Waals surface area contributed by atoms with Gasteiger partial charge in [0, 0.05) is 5.38 Å². The molecule has 2 rings (SSSR count). The first-order valence-corrected chi connectivity index (χ1v) is 7.49. The van der Waals surface area contributed by atoms with Crippen LogP contribution in [0, 0.1) is 29.4 Å². The number of alkyl halides is 1. The molecule has 3 atom stereocenters. The molecule has 1 saturated carbocycles. The Bertz CT molecular complexity index is 431. The van der Waals surface area contributed by atoms with E-state index >= 15 is 0 Å². The highest BCUT2D eigenvalue weighted by molar-refractivity contribution is 6.20. The van der Waals surface area contributed by atoms with Crippen LogP contribution in [-0.4, -0.2) is 5.38 Å². The Hall–Kier alpha value is -0.630. The third kappa shape index (κ3) is 3.68. The van der Waals surface area contributed by atoms with E-state index < -0.39 is 0 Å². The summed E-state index contributed by atoms with van der Waals surface area (Å²) < 4.78 is 26.9. The van der Waals surface area contributed by atoms with Crippen molar-refractivity contribution in [2.75, 3.05) is 0 Å². The van der Waals surface area contributed by atoms with Gasteiger partial charge in [-0.2, -0.15) is 0 Å². The number of hydrogen-bond acceptors (Lipinski definition) is 0. The van der Waals surface area contributed by atoms with E-state index in [4.69, 9.17) is 11.6 Å². The summed E-state index contributed by atoms with van der Waals surface area (Å²) in [5.74, 6) is 0.829. The molecule has 0 heterocycles. The van der Waals surface area contributed by atoms with E-state index in [1.165, 1.54) is 12.1 Å².